The standard InChI is InChI=1S/C14H16N4O3/c1-9(17-14(19)18-11-7-15-16-8-11)10-2-3-12-13(6-10)21-5-4-20-12/h2-3,6-9H,4-5H2,1H3,(H,15,16)(H2,17,18,19)/t9-/m1/s1. The number of hydrogen-bond acceptors (Lipinski definition) is 4. The minimum Gasteiger partial charge on any atom is -0.486 e. The van der Waals surface area contributed by atoms with Gasteiger partial charge in [-0.05, 0) is 24.6 Å². The average Bonchev–Trinajstić information content (AvgIpc) is 2.99. The summed E-state index contributed by atoms with van der Waals surface area (Å²) in [6.45, 7) is 3.01. The topological polar surface area (TPSA) is 88.3 Å². The van der Waals surface area contributed by atoms with Crippen LogP contribution in [-0.4, -0.2) is 29.4 Å². The molecule has 0 saturated heterocycles. The van der Waals surface area contributed by atoms with Gasteiger partial charge in [-0.25, -0.2) is 4.79 Å². The first-order valence-corrected chi connectivity index (χ1v) is 6.68. The van der Waals surface area contributed by atoms with Gasteiger partial charge in [0.2, 0.25) is 0 Å². The van der Waals surface area contributed by atoms with Crippen LogP contribution in [-0.2, 0) is 0 Å². The van der Waals surface area contributed by atoms with E-state index in [0.717, 1.165) is 11.3 Å². The normalized spacial score (nSPS) is 14.3. The van der Waals surface area contributed by atoms with E-state index in [9.17, 15) is 4.79 Å². The maximum Gasteiger partial charge on any atom is 0.319 e. The molecule has 2 heterocycles. The molecular weight excluding hydrogens is 272 g/mol. The number of benzene rings is 1. The number of ether oxygens (including phenoxy) is 2. The Bertz CT molecular complexity index is 627. The van der Waals surface area contributed by atoms with Gasteiger partial charge in [0.25, 0.3) is 0 Å². The molecule has 0 fully saturated rings. The highest BCUT2D eigenvalue weighted by atomic mass is 16.6. The molecule has 21 heavy (non-hydrogen) atoms. The molecule has 1 aromatic carbocycles. The number of carbonyl (C=O) groups excluding carboxylic acids is 1. The summed E-state index contributed by atoms with van der Waals surface area (Å²) in [7, 11) is 0. The predicted molar refractivity (Wildman–Crippen MR) is 76.6 cm³/mol. The zero-order valence-corrected chi connectivity index (χ0v) is 11.6. The summed E-state index contributed by atoms with van der Waals surface area (Å²) in [6.07, 6.45) is 3.14. The fourth-order valence-corrected chi connectivity index (χ4v) is 2.10. The molecule has 1 aliphatic heterocycles. The van der Waals surface area contributed by atoms with Gasteiger partial charge < -0.3 is 20.1 Å². The van der Waals surface area contributed by atoms with Crippen LogP contribution in [0.2, 0.25) is 0 Å². The van der Waals surface area contributed by atoms with Crippen molar-refractivity contribution >= 4 is 11.7 Å². The monoisotopic (exact) mass is 288 g/mol. The Morgan fingerprint density at radius 3 is 2.90 bits per heavy atom. The Kier molecular flexibility index (Phi) is 3.63. The minimum absolute atomic E-state index is 0.160. The minimum atomic E-state index is -0.293. The summed E-state index contributed by atoms with van der Waals surface area (Å²) in [5.41, 5.74) is 1.56. The van der Waals surface area contributed by atoms with Crippen molar-refractivity contribution in [3.05, 3.63) is 36.2 Å². The van der Waals surface area contributed by atoms with Gasteiger partial charge in [-0.15, -0.1) is 0 Å². The Hall–Kier alpha value is -2.70. The highest BCUT2D eigenvalue weighted by molar-refractivity contribution is 5.89. The Morgan fingerprint density at radius 1 is 1.33 bits per heavy atom. The molecule has 0 radical (unpaired) electrons. The largest absolute Gasteiger partial charge is 0.486 e. The zero-order valence-electron chi connectivity index (χ0n) is 11.6. The smallest absolute Gasteiger partial charge is 0.319 e. The van der Waals surface area contributed by atoms with Crippen molar-refractivity contribution in [3.8, 4) is 11.5 Å². The van der Waals surface area contributed by atoms with E-state index in [1.807, 2.05) is 25.1 Å². The molecule has 2 aromatic rings. The van der Waals surface area contributed by atoms with E-state index >= 15 is 0 Å². The number of aromatic nitrogens is 2. The molecule has 2 amide bonds. The Balaban J connectivity index is 1.64. The van der Waals surface area contributed by atoms with E-state index in [-0.39, 0.29) is 12.1 Å². The van der Waals surface area contributed by atoms with Crippen molar-refractivity contribution in [3.63, 3.8) is 0 Å². The highest BCUT2D eigenvalue weighted by Crippen LogP contribution is 2.32. The first-order valence-electron chi connectivity index (χ1n) is 6.68. The van der Waals surface area contributed by atoms with Crippen LogP contribution in [0.25, 0.3) is 0 Å². The molecule has 1 aliphatic rings. The van der Waals surface area contributed by atoms with Crippen molar-refractivity contribution < 1.29 is 14.3 Å². The number of H-pyrrole nitrogens is 1. The lowest BCUT2D eigenvalue weighted by atomic mass is 10.1. The molecule has 3 rings (SSSR count). The SMILES string of the molecule is C[C@@H](NC(=O)Nc1cn[nH]c1)c1ccc2c(c1)OCCO2. The third-order valence-corrected chi connectivity index (χ3v) is 3.17. The molecule has 7 heteroatoms. The first-order chi connectivity index (χ1) is 10.2. The second kappa shape index (κ2) is 5.74. The third kappa shape index (κ3) is 3.07. The zero-order chi connectivity index (χ0) is 14.7. The number of aromatic amines is 1. The molecular formula is C14H16N4O3. The van der Waals surface area contributed by atoms with Gasteiger partial charge in [-0.1, -0.05) is 6.07 Å². The predicted octanol–water partition coefficient (Wildman–Crippen LogP) is 2.06. The van der Waals surface area contributed by atoms with Crippen LogP contribution in [0.5, 0.6) is 11.5 Å². The molecule has 1 atom stereocenters. The lowest BCUT2D eigenvalue weighted by Crippen LogP contribution is -2.31. The number of urea groups is 1. The van der Waals surface area contributed by atoms with E-state index < -0.39 is 0 Å². The highest BCUT2D eigenvalue weighted by Gasteiger charge is 2.15. The van der Waals surface area contributed by atoms with Gasteiger partial charge in [0.1, 0.15) is 13.2 Å². The summed E-state index contributed by atoms with van der Waals surface area (Å²) >= 11 is 0. The third-order valence-electron chi connectivity index (χ3n) is 3.17. The number of hydrogen-bond donors (Lipinski definition) is 3. The van der Waals surface area contributed by atoms with Crippen LogP contribution in [0.15, 0.2) is 30.6 Å². The number of nitrogens with one attached hydrogen (secondary N) is 3. The summed E-state index contributed by atoms with van der Waals surface area (Å²) in [6, 6.07) is 5.20. The second-order valence-electron chi connectivity index (χ2n) is 4.71. The first kappa shape index (κ1) is 13.3. The van der Waals surface area contributed by atoms with Crippen molar-refractivity contribution in [1.29, 1.82) is 0 Å². The van der Waals surface area contributed by atoms with Crippen molar-refractivity contribution in [2.75, 3.05) is 18.5 Å². The van der Waals surface area contributed by atoms with E-state index in [0.29, 0.717) is 24.7 Å². The van der Waals surface area contributed by atoms with Crippen LogP contribution in [0, 0.1) is 0 Å². The molecule has 0 unspecified atom stereocenters. The van der Waals surface area contributed by atoms with Crippen LogP contribution in [0.4, 0.5) is 10.5 Å². The fourth-order valence-electron chi connectivity index (χ4n) is 2.10. The van der Waals surface area contributed by atoms with Crippen LogP contribution >= 0.6 is 0 Å². The Labute approximate surface area is 121 Å². The van der Waals surface area contributed by atoms with Crippen LogP contribution in [0.3, 0.4) is 0 Å². The van der Waals surface area contributed by atoms with E-state index in [1.165, 1.54) is 6.20 Å². The molecule has 0 spiro atoms. The molecule has 7 nitrogen and oxygen atoms in total. The second-order valence-corrected chi connectivity index (χ2v) is 4.71. The van der Waals surface area contributed by atoms with Gasteiger partial charge >= 0.3 is 6.03 Å². The summed E-state index contributed by atoms with van der Waals surface area (Å²) in [5, 5.41) is 11.9. The number of nitrogens with zero attached hydrogens (tertiary/aromatic N) is 1. The van der Waals surface area contributed by atoms with Crippen molar-refractivity contribution in [1.82, 2.24) is 15.5 Å². The van der Waals surface area contributed by atoms with Gasteiger partial charge in [0, 0.05) is 6.20 Å². The van der Waals surface area contributed by atoms with Gasteiger partial charge in [0.15, 0.2) is 11.5 Å². The van der Waals surface area contributed by atoms with Crippen molar-refractivity contribution in [2.45, 2.75) is 13.0 Å². The number of amides is 2. The molecule has 0 aliphatic carbocycles. The number of fused-ring (bicyclic) bond motifs is 1. The maximum atomic E-state index is 11.9. The lowest BCUT2D eigenvalue weighted by molar-refractivity contribution is 0.171. The van der Waals surface area contributed by atoms with Crippen molar-refractivity contribution in [2.24, 2.45) is 0 Å². The quantitative estimate of drug-likeness (QED) is 0.806. The molecule has 0 bridgehead atoms. The van der Waals surface area contributed by atoms with Gasteiger partial charge in [-0.3, -0.25) is 5.10 Å². The lowest BCUT2D eigenvalue weighted by Gasteiger charge is -2.21. The van der Waals surface area contributed by atoms with E-state index in [4.69, 9.17) is 9.47 Å². The fraction of sp³-hybridized carbons (Fsp3) is 0.286. The Morgan fingerprint density at radius 2 is 2.14 bits per heavy atom. The van der Waals surface area contributed by atoms with Gasteiger partial charge in [0.05, 0.1) is 17.9 Å². The molecule has 3 N–H and O–H groups in total. The van der Waals surface area contributed by atoms with E-state index in [1.54, 1.807) is 6.20 Å². The molecule has 1 aromatic heterocycles. The maximum absolute atomic E-state index is 11.9. The summed E-state index contributed by atoms with van der Waals surface area (Å²) < 4.78 is 11.0. The van der Waals surface area contributed by atoms with Crippen LogP contribution in [0.1, 0.15) is 18.5 Å². The number of rotatable bonds is 3. The van der Waals surface area contributed by atoms with E-state index in [2.05, 4.69) is 20.8 Å². The molecule has 110 valence electrons. The number of anilines is 1. The average molecular weight is 288 g/mol. The summed E-state index contributed by atoms with van der Waals surface area (Å²) in [4.78, 5) is 11.9. The molecule has 0 saturated carbocycles. The summed E-state index contributed by atoms with van der Waals surface area (Å²) in [5.74, 6) is 1.45. The van der Waals surface area contributed by atoms with Crippen LogP contribution < -0.4 is 20.1 Å². The number of carbonyl (C=O) groups is 1. The van der Waals surface area contributed by atoms with Gasteiger partial charge in [-0.2, -0.15) is 5.10 Å².